The number of carbonyl (C=O) groups excluding carboxylic acids is 1. The van der Waals surface area contributed by atoms with E-state index < -0.39 is 11.2 Å². The number of esters is 1. The lowest BCUT2D eigenvalue weighted by molar-refractivity contribution is -0.147. The summed E-state index contributed by atoms with van der Waals surface area (Å²) < 4.78 is 4.95. The van der Waals surface area contributed by atoms with Crippen LogP contribution in [-0.4, -0.2) is 22.0 Å². The minimum absolute atomic E-state index is 0.119. The molecule has 0 saturated carbocycles. The van der Waals surface area contributed by atoms with Crippen LogP contribution in [0.4, 0.5) is 0 Å². The number of nitrogens with one attached hydrogen (secondary N) is 2. The van der Waals surface area contributed by atoms with Crippen LogP contribution in [0.5, 0.6) is 0 Å². The van der Waals surface area contributed by atoms with E-state index >= 15 is 0 Å². The summed E-state index contributed by atoms with van der Waals surface area (Å²) in [6, 6.07) is 0. The van der Waals surface area contributed by atoms with E-state index in [1.807, 2.05) is 0 Å². The van der Waals surface area contributed by atoms with Gasteiger partial charge < -0.3 is 9.72 Å². The molecule has 6 nitrogen and oxygen atoms in total. The largest absolute Gasteiger partial charge is 0.463 e. The number of aromatic nitrogens is 2. The summed E-state index contributed by atoms with van der Waals surface area (Å²) in [7, 11) is 0. The van der Waals surface area contributed by atoms with Crippen molar-refractivity contribution in [1.29, 1.82) is 0 Å². The molecule has 1 heterocycles. The van der Waals surface area contributed by atoms with E-state index in [0.717, 1.165) is 0 Å². The molecule has 0 aromatic carbocycles. The van der Waals surface area contributed by atoms with Crippen molar-refractivity contribution in [2.24, 2.45) is 0 Å². The highest BCUT2D eigenvalue weighted by atomic mass is 16.5. The SMILES string of the molecule is Cc1[nH]c(=O)[nH]c(=O)c1CCC(=O)OC(C)C. The van der Waals surface area contributed by atoms with Crippen molar-refractivity contribution in [3.8, 4) is 0 Å². The Labute approximate surface area is 98.0 Å². The first-order chi connectivity index (χ1) is 7.90. The Morgan fingerprint density at radius 1 is 1.29 bits per heavy atom. The fraction of sp³-hybridized carbons (Fsp3) is 0.545. The van der Waals surface area contributed by atoms with Gasteiger partial charge in [0, 0.05) is 17.7 Å². The highest BCUT2D eigenvalue weighted by molar-refractivity contribution is 5.69. The molecule has 0 aliphatic heterocycles. The maximum atomic E-state index is 11.5. The molecule has 0 saturated heterocycles. The Morgan fingerprint density at radius 2 is 1.94 bits per heavy atom. The first-order valence-corrected chi connectivity index (χ1v) is 5.41. The van der Waals surface area contributed by atoms with Crippen molar-refractivity contribution in [3.63, 3.8) is 0 Å². The van der Waals surface area contributed by atoms with Gasteiger partial charge in [0.05, 0.1) is 6.10 Å². The van der Waals surface area contributed by atoms with Crippen molar-refractivity contribution in [1.82, 2.24) is 9.97 Å². The molecular weight excluding hydrogens is 224 g/mol. The van der Waals surface area contributed by atoms with Gasteiger partial charge in [-0.15, -0.1) is 0 Å². The molecule has 0 fully saturated rings. The summed E-state index contributed by atoms with van der Waals surface area (Å²) >= 11 is 0. The Morgan fingerprint density at radius 3 is 2.47 bits per heavy atom. The summed E-state index contributed by atoms with van der Waals surface area (Å²) in [5.41, 5.74) is -0.106. The quantitative estimate of drug-likeness (QED) is 0.738. The van der Waals surface area contributed by atoms with Crippen LogP contribution in [0.2, 0.25) is 0 Å². The average molecular weight is 240 g/mol. The molecule has 17 heavy (non-hydrogen) atoms. The molecule has 0 spiro atoms. The third-order valence-electron chi connectivity index (χ3n) is 2.20. The third-order valence-corrected chi connectivity index (χ3v) is 2.20. The minimum atomic E-state index is -0.541. The lowest BCUT2D eigenvalue weighted by atomic mass is 10.1. The van der Waals surface area contributed by atoms with Gasteiger partial charge in [0.2, 0.25) is 0 Å². The molecular formula is C11H16N2O4. The van der Waals surface area contributed by atoms with Gasteiger partial charge in [-0.25, -0.2) is 4.79 Å². The van der Waals surface area contributed by atoms with Gasteiger partial charge in [-0.3, -0.25) is 14.6 Å². The van der Waals surface area contributed by atoms with Gasteiger partial charge in [0.1, 0.15) is 0 Å². The van der Waals surface area contributed by atoms with Crippen LogP contribution in [0.3, 0.4) is 0 Å². The molecule has 1 aromatic heterocycles. The van der Waals surface area contributed by atoms with Gasteiger partial charge in [-0.2, -0.15) is 0 Å². The predicted octanol–water partition coefficient (Wildman–Crippen LogP) is 0.256. The van der Waals surface area contributed by atoms with Crippen LogP contribution in [0.25, 0.3) is 0 Å². The molecule has 0 aliphatic carbocycles. The van der Waals surface area contributed by atoms with E-state index in [2.05, 4.69) is 9.97 Å². The zero-order valence-corrected chi connectivity index (χ0v) is 10.1. The molecule has 0 unspecified atom stereocenters. The van der Waals surface area contributed by atoms with Gasteiger partial charge in [0.15, 0.2) is 0 Å². The monoisotopic (exact) mass is 240 g/mol. The summed E-state index contributed by atoms with van der Waals surface area (Å²) in [6.45, 7) is 5.14. The van der Waals surface area contributed by atoms with Crippen molar-refractivity contribution >= 4 is 5.97 Å². The molecule has 94 valence electrons. The zero-order chi connectivity index (χ0) is 13.0. The molecule has 2 N–H and O–H groups in total. The Kier molecular flexibility index (Phi) is 4.25. The second-order valence-electron chi connectivity index (χ2n) is 4.05. The molecule has 1 rings (SSSR count). The number of H-pyrrole nitrogens is 2. The van der Waals surface area contributed by atoms with Crippen LogP contribution in [0.15, 0.2) is 9.59 Å². The van der Waals surface area contributed by atoms with Crippen LogP contribution in [0, 0.1) is 6.92 Å². The van der Waals surface area contributed by atoms with Gasteiger partial charge in [-0.05, 0) is 27.2 Å². The Bertz CT molecular complexity index is 513. The number of hydrogen-bond acceptors (Lipinski definition) is 4. The van der Waals surface area contributed by atoms with Crippen LogP contribution < -0.4 is 11.2 Å². The summed E-state index contributed by atoms with van der Waals surface area (Å²) in [4.78, 5) is 38.3. The van der Waals surface area contributed by atoms with E-state index in [9.17, 15) is 14.4 Å². The smallest absolute Gasteiger partial charge is 0.325 e. The normalized spacial score (nSPS) is 10.6. The third kappa shape index (κ3) is 3.90. The molecule has 0 radical (unpaired) electrons. The number of aryl methyl sites for hydroxylation is 1. The van der Waals surface area contributed by atoms with E-state index in [1.165, 1.54) is 0 Å². The fourth-order valence-electron chi connectivity index (χ4n) is 1.48. The fourth-order valence-corrected chi connectivity index (χ4v) is 1.48. The van der Waals surface area contributed by atoms with Crippen molar-refractivity contribution in [2.75, 3.05) is 0 Å². The standard InChI is InChI=1S/C11H16N2O4/c1-6(2)17-9(14)5-4-8-7(3)12-11(16)13-10(8)15/h6H,4-5H2,1-3H3,(H2,12,13,15,16). The highest BCUT2D eigenvalue weighted by Gasteiger charge is 2.10. The minimum Gasteiger partial charge on any atom is -0.463 e. The van der Waals surface area contributed by atoms with E-state index in [1.54, 1.807) is 20.8 Å². The summed E-state index contributed by atoms with van der Waals surface area (Å²) in [6.07, 6.45) is 0.204. The van der Waals surface area contributed by atoms with E-state index in [0.29, 0.717) is 11.3 Å². The van der Waals surface area contributed by atoms with Gasteiger partial charge in [-0.1, -0.05) is 0 Å². The first-order valence-electron chi connectivity index (χ1n) is 5.41. The second-order valence-corrected chi connectivity index (χ2v) is 4.05. The Hall–Kier alpha value is -1.85. The lowest BCUT2D eigenvalue weighted by Gasteiger charge is -2.08. The van der Waals surface area contributed by atoms with Gasteiger partial charge in [0.25, 0.3) is 5.56 Å². The van der Waals surface area contributed by atoms with Crippen LogP contribution in [0.1, 0.15) is 31.5 Å². The summed E-state index contributed by atoms with van der Waals surface area (Å²) in [5, 5.41) is 0. The molecule has 0 aliphatic rings. The zero-order valence-electron chi connectivity index (χ0n) is 10.1. The number of carbonyl (C=O) groups is 1. The summed E-state index contributed by atoms with van der Waals surface area (Å²) in [5.74, 6) is -0.356. The first kappa shape index (κ1) is 13.2. The number of hydrogen-bond donors (Lipinski definition) is 2. The molecule has 1 aromatic rings. The number of rotatable bonds is 4. The highest BCUT2D eigenvalue weighted by Crippen LogP contribution is 2.02. The second kappa shape index (κ2) is 5.47. The molecule has 0 bridgehead atoms. The average Bonchev–Trinajstić information content (AvgIpc) is 2.14. The van der Waals surface area contributed by atoms with Crippen LogP contribution >= 0.6 is 0 Å². The van der Waals surface area contributed by atoms with Crippen molar-refractivity contribution in [3.05, 3.63) is 32.1 Å². The molecule has 0 amide bonds. The van der Waals surface area contributed by atoms with Crippen molar-refractivity contribution in [2.45, 2.75) is 39.7 Å². The van der Waals surface area contributed by atoms with Crippen molar-refractivity contribution < 1.29 is 9.53 Å². The maximum Gasteiger partial charge on any atom is 0.325 e. The van der Waals surface area contributed by atoms with E-state index in [4.69, 9.17) is 4.74 Å². The molecule has 6 heteroatoms. The lowest BCUT2D eigenvalue weighted by Crippen LogP contribution is -2.27. The number of aromatic amines is 2. The van der Waals surface area contributed by atoms with Gasteiger partial charge >= 0.3 is 11.7 Å². The maximum absolute atomic E-state index is 11.5. The number of ether oxygens (including phenoxy) is 1. The van der Waals surface area contributed by atoms with Crippen LogP contribution in [-0.2, 0) is 16.0 Å². The predicted molar refractivity (Wildman–Crippen MR) is 62.0 cm³/mol. The van der Waals surface area contributed by atoms with E-state index in [-0.39, 0.29) is 24.9 Å². The Balaban J connectivity index is 2.74. The topological polar surface area (TPSA) is 92.0 Å². The molecule has 0 atom stereocenters.